The minimum atomic E-state index is -4.72. The summed E-state index contributed by atoms with van der Waals surface area (Å²) in [6, 6.07) is 13.5. The second-order valence-corrected chi connectivity index (χ2v) is 13.4. The summed E-state index contributed by atoms with van der Waals surface area (Å²) in [4.78, 5) is 1.31. The summed E-state index contributed by atoms with van der Waals surface area (Å²) < 4.78 is 47.9. The zero-order chi connectivity index (χ0) is 29.9. The van der Waals surface area contributed by atoms with E-state index in [0.717, 1.165) is 30.4 Å². The highest BCUT2D eigenvalue weighted by molar-refractivity contribution is 7.93. The van der Waals surface area contributed by atoms with Gasteiger partial charge in [0, 0.05) is 5.56 Å². The maximum atomic E-state index is 17.2. The van der Waals surface area contributed by atoms with Gasteiger partial charge in [-0.15, -0.1) is 10.2 Å². The van der Waals surface area contributed by atoms with Crippen molar-refractivity contribution in [2.75, 3.05) is 4.72 Å². The lowest BCUT2D eigenvalue weighted by Crippen LogP contribution is -2.39. The number of hydrogen-bond donors (Lipinski definition) is 1. The predicted molar refractivity (Wildman–Crippen MR) is 165 cm³/mol. The average molecular weight is 586 g/mol. The van der Waals surface area contributed by atoms with Crippen molar-refractivity contribution in [3.63, 3.8) is 0 Å². The maximum absolute atomic E-state index is 17.2. The number of rotatable bonds is 18. The molecule has 41 heavy (non-hydrogen) atoms. The molecular formula is C32H48FN5O2S. The normalized spacial score (nSPS) is 13.6. The van der Waals surface area contributed by atoms with Gasteiger partial charge >= 0.3 is 5.00 Å². The Hall–Kier alpha value is -2.81. The Balaban J connectivity index is 1.79. The number of sulfonamides is 1. The van der Waals surface area contributed by atoms with Gasteiger partial charge in [-0.05, 0) is 34.6 Å². The fraction of sp³-hybridized carbons (Fsp3) is 0.594. The van der Waals surface area contributed by atoms with Crippen LogP contribution in [0.1, 0.15) is 133 Å². The van der Waals surface area contributed by atoms with E-state index in [0.29, 0.717) is 12.2 Å². The highest BCUT2D eigenvalue weighted by Crippen LogP contribution is 2.41. The minimum absolute atomic E-state index is 0.0252. The molecule has 0 fully saturated rings. The maximum Gasteiger partial charge on any atom is 0.316 e. The van der Waals surface area contributed by atoms with E-state index < -0.39 is 20.8 Å². The van der Waals surface area contributed by atoms with Gasteiger partial charge in [0.15, 0.2) is 0 Å². The van der Waals surface area contributed by atoms with E-state index in [1.165, 1.54) is 61.9 Å². The quantitative estimate of drug-likeness (QED) is 0.151. The van der Waals surface area contributed by atoms with Gasteiger partial charge in [0.25, 0.3) is 10.0 Å². The fourth-order valence-electron chi connectivity index (χ4n) is 5.14. The third-order valence-corrected chi connectivity index (χ3v) is 9.21. The fourth-order valence-corrected chi connectivity index (χ4v) is 6.55. The molecule has 0 saturated carbocycles. The van der Waals surface area contributed by atoms with Crippen LogP contribution in [-0.4, -0.2) is 28.6 Å². The van der Waals surface area contributed by atoms with Gasteiger partial charge in [-0.25, -0.2) is 12.8 Å². The highest BCUT2D eigenvalue weighted by Gasteiger charge is 2.52. The Bertz CT molecular complexity index is 1280. The summed E-state index contributed by atoms with van der Waals surface area (Å²) in [5, 5.41) is 9.20. The molecule has 1 N–H and O–H groups in total. The minimum Gasteiger partial charge on any atom is -0.280 e. The number of unbranched alkanes of at least 4 members (excludes halogenated alkanes) is 9. The van der Waals surface area contributed by atoms with Gasteiger partial charge in [-0.2, -0.15) is 4.80 Å². The molecular weight excluding hydrogens is 537 g/mol. The van der Waals surface area contributed by atoms with Crippen molar-refractivity contribution in [1.29, 1.82) is 0 Å². The van der Waals surface area contributed by atoms with Gasteiger partial charge < -0.3 is 0 Å². The monoisotopic (exact) mass is 585 g/mol. The molecule has 226 valence electrons. The lowest BCUT2D eigenvalue weighted by molar-refractivity contribution is 0.310. The van der Waals surface area contributed by atoms with Crippen LogP contribution in [0.25, 0.3) is 0 Å². The van der Waals surface area contributed by atoms with Gasteiger partial charge in [-0.3, -0.25) is 4.72 Å². The first-order valence-corrected chi connectivity index (χ1v) is 16.8. The average Bonchev–Trinajstić information content (AvgIpc) is 3.43. The zero-order valence-corrected chi connectivity index (χ0v) is 26.3. The largest absolute Gasteiger partial charge is 0.316 e. The molecule has 0 spiro atoms. The second-order valence-electron chi connectivity index (χ2n) is 11.6. The topological polar surface area (TPSA) is 89.8 Å². The molecule has 0 saturated heterocycles. The van der Waals surface area contributed by atoms with Gasteiger partial charge in [0.1, 0.15) is 0 Å². The summed E-state index contributed by atoms with van der Waals surface area (Å²) in [5.74, 6) is -0.439. The standard InChI is InChI=1S/C32H48FN5O2S/c1-6-7-8-9-10-11-12-13-14-18-24-38-35-31(34-37-38)32(33,27-20-16-15-17-21-27)41(39,40)36-30-28(25(2)3)22-19-23-29(30)26(4)5/h15-17,19-23,25-26,36H,6-14,18,24H2,1-5H3. The molecule has 0 aliphatic heterocycles. The van der Waals surface area contributed by atoms with Crippen molar-refractivity contribution >= 4 is 15.7 Å². The van der Waals surface area contributed by atoms with Crippen LogP contribution in [0.4, 0.5) is 10.1 Å². The lowest BCUT2D eigenvalue weighted by atomic mass is 9.93. The van der Waals surface area contributed by atoms with Crippen molar-refractivity contribution < 1.29 is 12.8 Å². The van der Waals surface area contributed by atoms with E-state index in [9.17, 15) is 8.42 Å². The molecule has 7 nitrogen and oxygen atoms in total. The Morgan fingerprint density at radius 2 is 1.34 bits per heavy atom. The van der Waals surface area contributed by atoms with Crippen LogP contribution in [0.15, 0.2) is 48.5 Å². The first-order valence-electron chi connectivity index (χ1n) is 15.3. The van der Waals surface area contributed by atoms with Crippen LogP contribution in [-0.2, 0) is 21.6 Å². The number of tetrazole rings is 1. The van der Waals surface area contributed by atoms with E-state index in [1.54, 1.807) is 18.2 Å². The Kier molecular flexibility index (Phi) is 12.3. The van der Waals surface area contributed by atoms with E-state index in [-0.39, 0.29) is 17.4 Å². The van der Waals surface area contributed by atoms with E-state index >= 15 is 4.39 Å². The Morgan fingerprint density at radius 3 is 1.88 bits per heavy atom. The number of alkyl halides is 1. The molecule has 0 aliphatic carbocycles. The lowest BCUT2D eigenvalue weighted by Gasteiger charge is -2.26. The van der Waals surface area contributed by atoms with Crippen LogP contribution in [0.3, 0.4) is 0 Å². The number of nitrogens with one attached hydrogen (secondary N) is 1. The van der Waals surface area contributed by atoms with Gasteiger partial charge in [-0.1, -0.05) is 141 Å². The summed E-state index contributed by atoms with van der Waals surface area (Å²) >= 11 is 0. The van der Waals surface area contributed by atoms with Crippen LogP contribution < -0.4 is 4.72 Å². The van der Waals surface area contributed by atoms with Crippen LogP contribution in [0.2, 0.25) is 0 Å². The zero-order valence-electron chi connectivity index (χ0n) is 25.4. The molecule has 0 bridgehead atoms. The Morgan fingerprint density at radius 1 is 0.805 bits per heavy atom. The van der Waals surface area contributed by atoms with Gasteiger partial charge in [0.05, 0.1) is 12.2 Å². The Labute approximate surface area is 246 Å². The summed E-state index contributed by atoms with van der Waals surface area (Å²) in [7, 11) is -4.72. The molecule has 9 heteroatoms. The third-order valence-electron chi connectivity index (χ3n) is 7.58. The molecule has 3 rings (SSSR count). The summed E-state index contributed by atoms with van der Waals surface area (Å²) in [6.07, 6.45) is 11.9. The first kappa shape index (κ1) is 32.7. The first-order chi connectivity index (χ1) is 19.6. The van der Waals surface area contributed by atoms with Crippen molar-refractivity contribution in [3.8, 4) is 0 Å². The van der Waals surface area contributed by atoms with Crippen LogP contribution in [0, 0.1) is 0 Å². The van der Waals surface area contributed by atoms with Gasteiger partial charge in [0.2, 0.25) is 5.82 Å². The van der Waals surface area contributed by atoms with Crippen molar-refractivity contribution in [3.05, 3.63) is 71.0 Å². The molecule has 0 radical (unpaired) electrons. The predicted octanol–water partition coefficient (Wildman–Crippen LogP) is 8.45. The van der Waals surface area contributed by atoms with Crippen molar-refractivity contribution in [1.82, 2.24) is 20.2 Å². The molecule has 1 atom stereocenters. The van der Waals surface area contributed by atoms with E-state index in [2.05, 4.69) is 27.1 Å². The summed E-state index contributed by atoms with van der Waals surface area (Å²) in [6.45, 7) is 10.6. The number of hydrogen-bond acceptors (Lipinski definition) is 5. The molecule has 2 aromatic carbocycles. The smallest absolute Gasteiger partial charge is 0.280 e. The number of para-hydroxylation sites is 1. The number of halogens is 1. The number of nitrogens with zero attached hydrogens (tertiary/aromatic N) is 4. The molecule has 1 aromatic heterocycles. The summed E-state index contributed by atoms with van der Waals surface area (Å²) in [5.41, 5.74) is 1.94. The van der Waals surface area contributed by atoms with E-state index in [1.807, 2.05) is 45.9 Å². The van der Waals surface area contributed by atoms with Crippen LogP contribution >= 0.6 is 0 Å². The number of aromatic nitrogens is 4. The van der Waals surface area contributed by atoms with Crippen LogP contribution in [0.5, 0.6) is 0 Å². The highest BCUT2D eigenvalue weighted by atomic mass is 32.2. The van der Waals surface area contributed by atoms with E-state index in [4.69, 9.17) is 0 Å². The molecule has 1 heterocycles. The van der Waals surface area contributed by atoms with Crippen molar-refractivity contribution in [2.45, 2.75) is 122 Å². The number of benzene rings is 2. The molecule has 3 aromatic rings. The second kappa shape index (κ2) is 15.4. The molecule has 0 aliphatic rings. The molecule has 1 unspecified atom stereocenters. The van der Waals surface area contributed by atoms with Crippen molar-refractivity contribution in [2.24, 2.45) is 0 Å². The molecule has 0 amide bonds. The SMILES string of the molecule is CCCCCCCCCCCCn1nnc(C(F)(c2ccccc2)S(=O)(=O)Nc2c(C(C)C)cccc2C(C)C)n1. The third kappa shape index (κ3) is 8.37. The number of anilines is 1. The number of aryl methyl sites for hydroxylation is 1.